The molecular weight excluding hydrogens is 318 g/mol. The molecule has 0 saturated heterocycles. The van der Waals surface area contributed by atoms with Gasteiger partial charge >= 0.3 is 5.78 Å². The number of aliphatic hydroxyl groups is 1. The minimum atomic E-state index is -2.21. The molecule has 2 aromatic carbocycles. The lowest BCUT2D eigenvalue weighted by Gasteiger charge is -2.22. The highest BCUT2D eigenvalue weighted by molar-refractivity contribution is 6.32. The third-order valence-electron chi connectivity index (χ3n) is 4.72. The van der Waals surface area contributed by atoms with Crippen molar-refractivity contribution in [2.24, 2.45) is 0 Å². The van der Waals surface area contributed by atoms with Crippen LogP contribution in [0.25, 0.3) is 0 Å². The molecule has 5 heteroatoms. The number of ketones is 2. The normalized spacial score (nSPS) is 19.0. The second-order valence-electron chi connectivity index (χ2n) is 6.32. The van der Waals surface area contributed by atoms with E-state index in [4.69, 9.17) is 0 Å². The minimum Gasteiger partial charge on any atom is -0.366 e. The predicted octanol–water partition coefficient (Wildman–Crippen LogP) is 2.63. The van der Waals surface area contributed by atoms with Crippen LogP contribution < -0.4 is 5.32 Å². The molecule has 0 fully saturated rings. The number of benzene rings is 2. The second kappa shape index (κ2) is 5.93. The number of hydrogen-bond donors (Lipinski definition) is 2. The van der Waals surface area contributed by atoms with Gasteiger partial charge in [0.05, 0.1) is 5.56 Å². The van der Waals surface area contributed by atoms with Gasteiger partial charge in [0.25, 0.3) is 5.60 Å². The Balaban J connectivity index is 2.22. The standard InChI is InChI=1S/C20H19NO4/c1-4-17(22)21-16-10-12(3)11(2)9-15(16)20(25)18(23)13-7-5-6-8-14(13)19(20)24/h5-10,25H,4H2,1-3H3,(H,21,22)/p+1. The Kier molecular flexibility index (Phi) is 4.05. The molecule has 128 valence electrons. The first-order valence-corrected chi connectivity index (χ1v) is 8.15. The van der Waals surface area contributed by atoms with Gasteiger partial charge in [-0.1, -0.05) is 25.1 Å². The second-order valence-corrected chi connectivity index (χ2v) is 6.32. The van der Waals surface area contributed by atoms with E-state index in [1.165, 1.54) is 0 Å². The molecule has 3 N–H and O–H groups in total. The summed E-state index contributed by atoms with van der Waals surface area (Å²) in [7, 11) is 0. The van der Waals surface area contributed by atoms with Crippen LogP contribution in [-0.4, -0.2) is 27.4 Å². The van der Waals surface area contributed by atoms with Gasteiger partial charge in [-0.15, -0.1) is 0 Å². The highest BCUT2D eigenvalue weighted by Gasteiger charge is 2.59. The van der Waals surface area contributed by atoms with Crippen molar-refractivity contribution in [1.82, 2.24) is 0 Å². The van der Waals surface area contributed by atoms with E-state index in [0.717, 1.165) is 11.1 Å². The van der Waals surface area contributed by atoms with E-state index in [0.29, 0.717) is 11.3 Å². The van der Waals surface area contributed by atoms with Gasteiger partial charge in [-0.3, -0.25) is 14.4 Å². The van der Waals surface area contributed by atoms with Gasteiger partial charge in [0.2, 0.25) is 11.7 Å². The van der Waals surface area contributed by atoms with Crippen molar-refractivity contribution >= 4 is 23.2 Å². The Morgan fingerprint density at radius 3 is 2.36 bits per heavy atom. The summed E-state index contributed by atoms with van der Waals surface area (Å²) in [5, 5.41) is 13.9. The fourth-order valence-electron chi connectivity index (χ4n) is 3.09. The summed E-state index contributed by atoms with van der Waals surface area (Å²) in [6.45, 7) is 5.43. The number of Topliss-reactive ketones (excluding diaryl/α,β-unsaturated/α-hetero) is 1. The van der Waals surface area contributed by atoms with Crippen LogP contribution in [0.4, 0.5) is 5.69 Å². The zero-order valence-electron chi connectivity index (χ0n) is 14.4. The Hall–Kier alpha value is -2.79. The van der Waals surface area contributed by atoms with Gasteiger partial charge in [0, 0.05) is 23.2 Å². The van der Waals surface area contributed by atoms with Crippen molar-refractivity contribution in [2.45, 2.75) is 32.8 Å². The third-order valence-corrected chi connectivity index (χ3v) is 4.72. The van der Waals surface area contributed by atoms with Gasteiger partial charge in [0.15, 0.2) is 0 Å². The summed E-state index contributed by atoms with van der Waals surface area (Å²) < 4.78 is 0. The molecule has 0 saturated carbocycles. The van der Waals surface area contributed by atoms with Gasteiger partial charge in [-0.2, -0.15) is 0 Å². The third kappa shape index (κ3) is 2.48. The molecule has 1 atom stereocenters. The molecule has 1 aliphatic carbocycles. The maximum absolute atomic E-state index is 12.9. The first-order valence-electron chi connectivity index (χ1n) is 8.15. The van der Waals surface area contributed by atoms with E-state index in [1.807, 2.05) is 13.8 Å². The van der Waals surface area contributed by atoms with Crippen molar-refractivity contribution in [2.75, 3.05) is 5.32 Å². The number of rotatable bonds is 3. The van der Waals surface area contributed by atoms with E-state index >= 15 is 0 Å². The van der Waals surface area contributed by atoms with Crippen LogP contribution in [0.2, 0.25) is 0 Å². The van der Waals surface area contributed by atoms with Crippen LogP contribution in [0.15, 0.2) is 36.4 Å². The Morgan fingerprint density at radius 2 is 1.76 bits per heavy atom. The average Bonchev–Trinajstić information content (AvgIpc) is 2.80. The highest BCUT2D eigenvalue weighted by atomic mass is 16.3. The zero-order valence-corrected chi connectivity index (χ0v) is 14.4. The summed E-state index contributed by atoms with van der Waals surface area (Å²) in [4.78, 5) is 35.4. The summed E-state index contributed by atoms with van der Waals surface area (Å²) in [6.07, 6.45) is 0.259. The lowest BCUT2D eigenvalue weighted by atomic mass is 9.85. The largest absolute Gasteiger partial charge is 0.368 e. The maximum Gasteiger partial charge on any atom is 0.368 e. The molecule has 1 unspecified atom stereocenters. The zero-order chi connectivity index (χ0) is 18.4. The maximum atomic E-state index is 12.9. The molecule has 2 aromatic rings. The van der Waals surface area contributed by atoms with E-state index in [1.54, 1.807) is 43.3 Å². The Morgan fingerprint density at radius 1 is 1.16 bits per heavy atom. The molecule has 5 nitrogen and oxygen atoms in total. The average molecular weight is 338 g/mol. The number of anilines is 1. The lowest BCUT2D eigenvalue weighted by molar-refractivity contribution is -0.115. The van der Waals surface area contributed by atoms with Gasteiger partial charge in [-0.25, -0.2) is 0 Å². The molecule has 0 bridgehead atoms. The van der Waals surface area contributed by atoms with Crippen LogP contribution in [0.3, 0.4) is 0 Å². The topological polar surface area (TPSA) is 87.8 Å². The number of hydrogen-bond acceptors (Lipinski definition) is 3. The minimum absolute atomic E-state index is 0.177. The molecule has 1 aliphatic rings. The molecule has 3 rings (SSSR count). The Bertz CT molecular complexity index is 879. The predicted molar refractivity (Wildman–Crippen MR) is 95.6 cm³/mol. The summed E-state index contributed by atoms with van der Waals surface area (Å²) in [5.74, 6) is -1.25. The van der Waals surface area contributed by atoms with E-state index in [9.17, 15) is 19.5 Å². The molecule has 1 amide bonds. The van der Waals surface area contributed by atoms with Crippen molar-refractivity contribution in [1.29, 1.82) is 0 Å². The highest BCUT2D eigenvalue weighted by Crippen LogP contribution is 2.41. The SMILES string of the molecule is CCC(=O)Nc1cc(C)c(C)cc1C1(O)C(=O)c2ccccc2C1=[OH+]. The fourth-order valence-corrected chi connectivity index (χ4v) is 3.09. The number of carbonyl (C=O) groups excluding carboxylic acids is 3. The summed E-state index contributed by atoms with van der Waals surface area (Å²) in [6, 6.07) is 9.87. The van der Waals surface area contributed by atoms with Crippen LogP contribution in [0.1, 0.15) is 46.0 Å². The summed E-state index contributed by atoms with van der Waals surface area (Å²) >= 11 is 0. The molecule has 0 aliphatic heterocycles. The first kappa shape index (κ1) is 17.0. The first-order chi connectivity index (χ1) is 11.8. The number of amides is 1. The molecule has 25 heavy (non-hydrogen) atoms. The van der Waals surface area contributed by atoms with Crippen LogP contribution in [-0.2, 0) is 10.4 Å². The fraction of sp³-hybridized carbons (Fsp3) is 0.250. The van der Waals surface area contributed by atoms with Gasteiger partial charge in [-0.05, 0) is 43.2 Å². The molecule has 0 radical (unpaired) electrons. The van der Waals surface area contributed by atoms with Crippen LogP contribution in [0.5, 0.6) is 0 Å². The van der Waals surface area contributed by atoms with Crippen LogP contribution in [0, 0.1) is 13.8 Å². The molecule has 0 aromatic heterocycles. The van der Waals surface area contributed by atoms with Gasteiger partial charge < -0.3 is 10.4 Å². The quantitative estimate of drug-likeness (QED) is 0.666. The molecular formula is C20H20NO4+. The van der Waals surface area contributed by atoms with Gasteiger partial charge in [0.1, 0.15) is 0 Å². The van der Waals surface area contributed by atoms with E-state index < -0.39 is 17.2 Å². The monoisotopic (exact) mass is 338 g/mol. The van der Waals surface area contributed by atoms with Crippen molar-refractivity contribution in [3.05, 3.63) is 64.2 Å². The van der Waals surface area contributed by atoms with E-state index in [-0.39, 0.29) is 23.5 Å². The number of nitrogens with one attached hydrogen (secondary N) is 1. The Labute approximate surface area is 145 Å². The number of carbonyl (C=O) groups is 2. The molecule has 0 heterocycles. The van der Waals surface area contributed by atoms with Crippen molar-refractivity contribution in [3.8, 4) is 0 Å². The smallest absolute Gasteiger partial charge is 0.366 e. The van der Waals surface area contributed by atoms with Crippen molar-refractivity contribution in [3.63, 3.8) is 0 Å². The number of fused-ring (bicyclic) bond motifs is 1. The van der Waals surface area contributed by atoms with Crippen molar-refractivity contribution < 1.29 is 19.5 Å². The number of aryl methyl sites for hydroxylation is 2. The molecule has 0 spiro atoms. The van der Waals surface area contributed by atoms with E-state index in [2.05, 4.69) is 5.32 Å². The lowest BCUT2D eigenvalue weighted by Crippen LogP contribution is -2.39. The summed E-state index contributed by atoms with van der Waals surface area (Å²) in [5.41, 5.74) is 0.602. The van der Waals surface area contributed by atoms with Crippen LogP contribution >= 0.6 is 0 Å².